The SMILES string of the molecule is C=CCN(c1ccccc1)P(N)(N)=O. The molecule has 0 unspecified atom stereocenters. The first-order valence-electron chi connectivity index (χ1n) is 4.17. The van der Waals surface area contributed by atoms with Gasteiger partial charge in [0.15, 0.2) is 0 Å². The molecule has 14 heavy (non-hydrogen) atoms. The highest BCUT2D eigenvalue weighted by molar-refractivity contribution is 7.60. The molecular formula is C9H14N3OP. The van der Waals surface area contributed by atoms with Gasteiger partial charge < -0.3 is 0 Å². The van der Waals surface area contributed by atoms with Gasteiger partial charge in [0, 0.05) is 12.2 Å². The molecule has 1 aromatic rings. The minimum absolute atomic E-state index is 0.369. The van der Waals surface area contributed by atoms with Crippen LogP contribution in [0.25, 0.3) is 0 Å². The Morgan fingerprint density at radius 3 is 2.36 bits per heavy atom. The summed E-state index contributed by atoms with van der Waals surface area (Å²) < 4.78 is 13.0. The lowest BCUT2D eigenvalue weighted by molar-refractivity contribution is 0.574. The van der Waals surface area contributed by atoms with E-state index in [0.29, 0.717) is 6.54 Å². The van der Waals surface area contributed by atoms with Crippen LogP contribution in [-0.2, 0) is 4.57 Å². The number of anilines is 1. The molecule has 0 aliphatic rings. The van der Waals surface area contributed by atoms with Crippen molar-refractivity contribution in [2.45, 2.75) is 0 Å². The quantitative estimate of drug-likeness (QED) is 0.587. The second-order valence-corrected chi connectivity index (χ2v) is 4.71. The number of benzene rings is 1. The minimum Gasteiger partial charge on any atom is -0.296 e. The van der Waals surface area contributed by atoms with Crippen LogP contribution in [0.15, 0.2) is 43.0 Å². The van der Waals surface area contributed by atoms with Crippen molar-refractivity contribution in [2.75, 3.05) is 11.2 Å². The third-order valence-electron chi connectivity index (χ3n) is 1.73. The van der Waals surface area contributed by atoms with Gasteiger partial charge in [-0.25, -0.2) is 0 Å². The lowest BCUT2D eigenvalue weighted by Crippen LogP contribution is -2.28. The zero-order valence-corrected chi connectivity index (χ0v) is 8.73. The normalized spacial score (nSPS) is 11.0. The van der Waals surface area contributed by atoms with Crippen LogP contribution >= 0.6 is 7.59 Å². The summed E-state index contributed by atoms with van der Waals surface area (Å²) in [6.07, 6.45) is 1.61. The molecule has 76 valence electrons. The fourth-order valence-corrected chi connectivity index (χ4v) is 2.00. The highest BCUT2D eigenvalue weighted by Gasteiger charge is 2.19. The highest BCUT2D eigenvalue weighted by Crippen LogP contribution is 2.36. The molecule has 4 N–H and O–H groups in total. The van der Waals surface area contributed by atoms with Crippen molar-refractivity contribution in [1.82, 2.24) is 0 Å². The van der Waals surface area contributed by atoms with Crippen molar-refractivity contribution in [3.05, 3.63) is 43.0 Å². The molecule has 5 heteroatoms. The van der Waals surface area contributed by atoms with Gasteiger partial charge in [0.1, 0.15) is 0 Å². The van der Waals surface area contributed by atoms with Gasteiger partial charge in [-0.1, -0.05) is 24.3 Å². The molecule has 0 heterocycles. The molecule has 0 saturated heterocycles. The summed E-state index contributed by atoms with van der Waals surface area (Å²) >= 11 is 0. The lowest BCUT2D eigenvalue weighted by atomic mass is 10.3. The Hall–Kier alpha value is -1.09. The van der Waals surface area contributed by atoms with Gasteiger partial charge in [-0.3, -0.25) is 20.2 Å². The molecular weight excluding hydrogens is 197 g/mol. The third-order valence-corrected chi connectivity index (χ3v) is 2.88. The number of hydrogen-bond donors (Lipinski definition) is 2. The summed E-state index contributed by atoms with van der Waals surface area (Å²) in [6, 6.07) is 9.14. The van der Waals surface area contributed by atoms with Crippen LogP contribution in [0.3, 0.4) is 0 Å². The van der Waals surface area contributed by atoms with Crippen molar-refractivity contribution in [1.29, 1.82) is 0 Å². The van der Waals surface area contributed by atoms with Crippen LogP contribution in [-0.4, -0.2) is 6.54 Å². The number of rotatable bonds is 4. The Morgan fingerprint density at radius 1 is 1.36 bits per heavy atom. The average molecular weight is 211 g/mol. The predicted octanol–water partition coefficient (Wildman–Crippen LogP) is 1.70. The van der Waals surface area contributed by atoms with E-state index in [1.165, 1.54) is 4.67 Å². The third kappa shape index (κ3) is 2.70. The average Bonchev–Trinajstić information content (AvgIpc) is 2.14. The molecule has 0 fully saturated rings. The summed E-state index contributed by atoms with van der Waals surface area (Å²) in [5.41, 5.74) is 11.6. The van der Waals surface area contributed by atoms with E-state index in [1.54, 1.807) is 18.2 Å². The largest absolute Gasteiger partial charge is 0.300 e. The van der Waals surface area contributed by atoms with E-state index >= 15 is 0 Å². The minimum atomic E-state index is -3.25. The summed E-state index contributed by atoms with van der Waals surface area (Å²) in [5, 5.41) is 0. The summed E-state index contributed by atoms with van der Waals surface area (Å²) in [5.74, 6) is 0. The number of nitrogens with two attached hydrogens (primary N) is 2. The molecule has 4 nitrogen and oxygen atoms in total. The fraction of sp³-hybridized carbons (Fsp3) is 0.111. The van der Waals surface area contributed by atoms with Gasteiger partial charge in [0.05, 0.1) is 0 Å². The van der Waals surface area contributed by atoms with Crippen molar-refractivity contribution >= 4 is 13.3 Å². The van der Waals surface area contributed by atoms with E-state index in [1.807, 2.05) is 18.2 Å². The Balaban J connectivity index is 3.01. The number of hydrogen-bond acceptors (Lipinski definition) is 1. The predicted molar refractivity (Wildman–Crippen MR) is 60.0 cm³/mol. The molecule has 0 saturated carbocycles. The van der Waals surface area contributed by atoms with E-state index in [9.17, 15) is 4.57 Å². The van der Waals surface area contributed by atoms with Crippen LogP contribution in [0, 0.1) is 0 Å². The lowest BCUT2D eigenvalue weighted by Gasteiger charge is -2.26. The van der Waals surface area contributed by atoms with Crippen LogP contribution < -0.4 is 15.7 Å². The Labute approximate surface area is 83.7 Å². The van der Waals surface area contributed by atoms with Crippen molar-refractivity contribution in [2.24, 2.45) is 11.0 Å². The van der Waals surface area contributed by atoms with Gasteiger partial charge in [0.2, 0.25) is 0 Å². The maximum atomic E-state index is 11.5. The molecule has 0 amide bonds. The Kier molecular flexibility index (Phi) is 3.47. The zero-order chi connectivity index (χ0) is 10.6. The van der Waals surface area contributed by atoms with Gasteiger partial charge in [-0.05, 0) is 12.1 Å². The van der Waals surface area contributed by atoms with Gasteiger partial charge >= 0.3 is 7.59 Å². The monoisotopic (exact) mass is 211 g/mol. The first kappa shape index (κ1) is 11.0. The van der Waals surface area contributed by atoms with E-state index in [4.69, 9.17) is 11.0 Å². The molecule has 0 aliphatic carbocycles. The van der Waals surface area contributed by atoms with E-state index in [-0.39, 0.29) is 0 Å². The maximum Gasteiger partial charge on any atom is 0.300 e. The van der Waals surface area contributed by atoms with Crippen molar-refractivity contribution in [3.63, 3.8) is 0 Å². The van der Waals surface area contributed by atoms with Gasteiger partial charge in [-0.2, -0.15) is 0 Å². The van der Waals surface area contributed by atoms with E-state index in [0.717, 1.165) is 5.69 Å². The molecule has 1 aromatic carbocycles. The Morgan fingerprint density at radius 2 is 1.93 bits per heavy atom. The fourth-order valence-electron chi connectivity index (χ4n) is 1.14. The molecule has 0 aliphatic heterocycles. The second-order valence-electron chi connectivity index (χ2n) is 2.88. The summed E-state index contributed by atoms with van der Waals surface area (Å²) in [6.45, 7) is 3.93. The summed E-state index contributed by atoms with van der Waals surface area (Å²) in [4.78, 5) is 0. The second kappa shape index (κ2) is 4.42. The molecule has 1 rings (SSSR count). The van der Waals surface area contributed by atoms with Crippen LogP contribution in [0.1, 0.15) is 0 Å². The topological polar surface area (TPSA) is 72.3 Å². The molecule has 0 bridgehead atoms. The highest BCUT2D eigenvalue weighted by atomic mass is 31.2. The molecule has 0 radical (unpaired) electrons. The zero-order valence-electron chi connectivity index (χ0n) is 7.84. The molecule has 0 spiro atoms. The van der Waals surface area contributed by atoms with Crippen molar-refractivity contribution < 1.29 is 4.57 Å². The van der Waals surface area contributed by atoms with Crippen LogP contribution in [0.5, 0.6) is 0 Å². The smallest absolute Gasteiger partial charge is 0.296 e. The standard InChI is InChI=1S/C9H14N3OP/c1-2-8-12(14(10,11)13)9-6-4-3-5-7-9/h2-7H,1,8H2,(H4,10,11,13). The Bertz CT molecular complexity index is 346. The first-order valence-corrected chi connectivity index (χ1v) is 5.96. The van der Waals surface area contributed by atoms with E-state index < -0.39 is 7.59 Å². The van der Waals surface area contributed by atoms with Crippen molar-refractivity contribution in [3.8, 4) is 0 Å². The van der Waals surface area contributed by atoms with E-state index in [2.05, 4.69) is 6.58 Å². The molecule has 0 aromatic heterocycles. The first-order chi connectivity index (χ1) is 6.55. The number of nitrogens with zero attached hydrogens (tertiary/aromatic N) is 1. The van der Waals surface area contributed by atoms with Gasteiger partial charge in [0.25, 0.3) is 0 Å². The number of para-hydroxylation sites is 1. The summed E-state index contributed by atoms with van der Waals surface area (Å²) in [7, 11) is -3.25. The van der Waals surface area contributed by atoms with Crippen LogP contribution in [0.4, 0.5) is 5.69 Å². The molecule has 0 atom stereocenters. The maximum absolute atomic E-state index is 11.5. The van der Waals surface area contributed by atoms with Gasteiger partial charge in [-0.15, -0.1) is 6.58 Å². The van der Waals surface area contributed by atoms with Crippen LogP contribution in [0.2, 0.25) is 0 Å².